The highest BCUT2D eigenvalue weighted by atomic mass is 16.3. The highest BCUT2D eigenvalue weighted by Gasteiger charge is 2.07. The van der Waals surface area contributed by atoms with Crippen molar-refractivity contribution in [3.05, 3.63) is 84.0 Å². The summed E-state index contributed by atoms with van der Waals surface area (Å²) in [7, 11) is 0. The quantitative estimate of drug-likeness (QED) is 0.597. The lowest BCUT2D eigenvalue weighted by molar-refractivity contribution is 0.0954. The number of hydrogen-bond acceptors (Lipinski definition) is 3. The number of amides is 1. The van der Waals surface area contributed by atoms with E-state index in [1.54, 1.807) is 0 Å². The summed E-state index contributed by atoms with van der Waals surface area (Å²) < 4.78 is 7.48. The van der Waals surface area contributed by atoms with Crippen molar-refractivity contribution in [3.63, 3.8) is 0 Å². The molecule has 2 aromatic heterocycles. The van der Waals surface area contributed by atoms with Gasteiger partial charge in [0.15, 0.2) is 11.5 Å². The predicted octanol–water partition coefficient (Wildman–Crippen LogP) is 3.90. The molecule has 0 saturated carbocycles. The number of oxazole rings is 1. The molecular formula is C21H19N3O2. The number of benzene rings is 2. The van der Waals surface area contributed by atoms with Crippen LogP contribution < -0.4 is 5.32 Å². The first kappa shape index (κ1) is 16.1. The maximum absolute atomic E-state index is 12.3. The average molecular weight is 345 g/mol. The second-order valence-electron chi connectivity index (χ2n) is 6.18. The number of fused-ring (bicyclic) bond motifs is 1. The lowest BCUT2D eigenvalue weighted by atomic mass is 10.1. The Bertz CT molecular complexity index is 1030. The van der Waals surface area contributed by atoms with Crippen LogP contribution in [0.3, 0.4) is 0 Å². The average Bonchev–Trinajstić information content (AvgIpc) is 3.30. The van der Waals surface area contributed by atoms with Gasteiger partial charge in [-0.05, 0) is 60.5 Å². The van der Waals surface area contributed by atoms with Crippen LogP contribution in [-0.4, -0.2) is 22.0 Å². The van der Waals surface area contributed by atoms with Crippen molar-refractivity contribution < 1.29 is 9.21 Å². The molecule has 1 amide bonds. The molecule has 1 N–H and O–H groups in total. The number of carbonyl (C=O) groups excluding carboxylic acids is 1. The molecule has 0 unspecified atom stereocenters. The van der Waals surface area contributed by atoms with Crippen LogP contribution in [0.2, 0.25) is 0 Å². The largest absolute Gasteiger partial charge is 0.441 e. The summed E-state index contributed by atoms with van der Waals surface area (Å²) in [5, 5.41) is 2.97. The van der Waals surface area contributed by atoms with E-state index in [1.165, 1.54) is 0 Å². The summed E-state index contributed by atoms with van der Waals surface area (Å²) in [5.74, 6) is 0.594. The van der Waals surface area contributed by atoms with Gasteiger partial charge in [-0.2, -0.15) is 0 Å². The third-order valence-electron chi connectivity index (χ3n) is 4.29. The van der Waals surface area contributed by atoms with Gasteiger partial charge in [0.25, 0.3) is 5.91 Å². The molecule has 0 bridgehead atoms. The second-order valence-corrected chi connectivity index (χ2v) is 6.18. The first-order valence-corrected chi connectivity index (χ1v) is 8.57. The molecule has 2 heterocycles. The van der Waals surface area contributed by atoms with Crippen molar-refractivity contribution in [2.75, 3.05) is 6.54 Å². The molecule has 0 spiro atoms. The van der Waals surface area contributed by atoms with E-state index in [4.69, 9.17) is 4.42 Å². The van der Waals surface area contributed by atoms with Crippen molar-refractivity contribution >= 4 is 17.0 Å². The van der Waals surface area contributed by atoms with Crippen LogP contribution in [0.25, 0.3) is 16.8 Å². The Morgan fingerprint density at radius 3 is 2.65 bits per heavy atom. The predicted molar refractivity (Wildman–Crippen MR) is 101 cm³/mol. The Morgan fingerprint density at radius 2 is 1.88 bits per heavy atom. The molecule has 0 aliphatic heterocycles. The molecule has 2 aromatic carbocycles. The molecule has 0 radical (unpaired) electrons. The highest BCUT2D eigenvalue weighted by Crippen LogP contribution is 2.17. The van der Waals surface area contributed by atoms with E-state index in [2.05, 4.69) is 10.3 Å². The molecule has 0 fully saturated rings. The van der Waals surface area contributed by atoms with Gasteiger partial charge in [-0.1, -0.05) is 6.07 Å². The Kier molecular flexibility index (Phi) is 4.27. The minimum Gasteiger partial charge on any atom is -0.441 e. The molecule has 0 saturated heterocycles. The molecule has 0 aliphatic carbocycles. The molecule has 5 nitrogen and oxygen atoms in total. The van der Waals surface area contributed by atoms with Gasteiger partial charge in [0, 0.05) is 37.1 Å². The maximum atomic E-state index is 12.3. The summed E-state index contributed by atoms with van der Waals surface area (Å²) in [4.78, 5) is 16.6. The number of hydrogen-bond donors (Lipinski definition) is 1. The van der Waals surface area contributed by atoms with Crippen LogP contribution in [0.5, 0.6) is 0 Å². The number of rotatable bonds is 5. The standard InChI is InChI=1S/C21H19N3O2/c1-15-23-19-14-16(4-9-20(19)26-15)10-11-22-21(25)17-5-7-18(8-6-17)24-12-2-3-13-24/h2-9,12-14H,10-11H2,1H3,(H,22,25). The first-order chi connectivity index (χ1) is 12.7. The van der Waals surface area contributed by atoms with E-state index in [0.29, 0.717) is 18.0 Å². The fourth-order valence-corrected chi connectivity index (χ4v) is 2.96. The second kappa shape index (κ2) is 6.88. The van der Waals surface area contributed by atoms with Gasteiger partial charge in [0.2, 0.25) is 0 Å². The summed E-state index contributed by atoms with van der Waals surface area (Å²) in [6, 6.07) is 17.4. The number of aromatic nitrogens is 2. The minimum absolute atomic E-state index is 0.0672. The molecule has 0 aliphatic rings. The third-order valence-corrected chi connectivity index (χ3v) is 4.29. The lowest BCUT2D eigenvalue weighted by Crippen LogP contribution is -2.25. The Labute approximate surface area is 151 Å². The van der Waals surface area contributed by atoms with Crippen LogP contribution in [-0.2, 0) is 6.42 Å². The van der Waals surface area contributed by atoms with Crippen LogP contribution in [0.4, 0.5) is 0 Å². The van der Waals surface area contributed by atoms with Crippen LogP contribution in [0, 0.1) is 6.92 Å². The van der Waals surface area contributed by atoms with Crippen LogP contribution >= 0.6 is 0 Å². The number of nitrogens with zero attached hydrogens (tertiary/aromatic N) is 2. The molecule has 0 atom stereocenters. The molecule has 4 aromatic rings. The van der Waals surface area contributed by atoms with E-state index < -0.39 is 0 Å². The first-order valence-electron chi connectivity index (χ1n) is 8.57. The number of carbonyl (C=O) groups is 1. The molecular weight excluding hydrogens is 326 g/mol. The highest BCUT2D eigenvalue weighted by molar-refractivity contribution is 5.94. The van der Waals surface area contributed by atoms with Gasteiger partial charge in [-0.3, -0.25) is 4.79 Å². The fourth-order valence-electron chi connectivity index (χ4n) is 2.96. The number of aryl methyl sites for hydroxylation is 1. The van der Waals surface area contributed by atoms with Crippen molar-refractivity contribution in [2.45, 2.75) is 13.3 Å². The van der Waals surface area contributed by atoms with Crippen molar-refractivity contribution in [1.82, 2.24) is 14.9 Å². The van der Waals surface area contributed by atoms with Gasteiger partial charge in [-0.25, -0.2) is 4.98 Å². The zero-order chi connectivity index (χ0) is 17.9. The van der Waals surface area contributed by atoms with Crippen molar-refractivity contribution in [1.29, 1.82) is 0 Å². The zero-order valence-corrected chi connectivity index (χ0v) is 14.5. The summed E-state index contributed by atoms with van der Waals surface area (Å²) in [5.41, 5.74) is 4.45. The van der Waals surface area contributed by atoms with Gasteiger partial charge in [0.1, 0.15) is 5.52 Å². The van der Waals surface area contributed by atoms with E-state index in [0.717, 1.165) is 28.8 Å². The lowest BCUT2D eigenvalue weighted by Gasteiger charge is -2.07. The number of nitrogens with one attached hydrogen (secondary N) is 1. The van der Waals surface area contributed by atoms with E-state index in [9.17, 15) is 4.79 Å². The Balaban J connectivity index is 1.35. The maximum Gasteiger partial charge on any atom is 0.251 e. The van der Waals surface area contributed by atoms with Crippen LogP contribution in [0.15, 0.2) is 71.4 Å². The van der Waals surface area contributed by atoms with Crippen molar-refractivity contribution in [3.8, 4) is 5.69 Å². The third kappa shape index (κ3) is 3.37. The van der Waals surface area contributed by atoms with Crippen molar-refractivity contribution in [2.24, 2.45) is 0 Å². The normalized spacial score (nSPS) is 11.0. The van der Waals surface area contributed by atoms with E-state index in [-0.39, 0.29) is 5.91 Å². The van der Waals surface area contributed by atoms with Gasteiger partial charge in [-0.15, -0.1) is 0 Å². The zero-order valence-electron chi connectivity index (χ0n) is 14.5. The van der Waals surface area contributed by atoms with E-state index in [1.807, 2.05) is 78.5 Å². The summed E-state index contributed by atoms with van der Waals surface area (Å²) >= 11 is 0. The molecule has 4 rings (SSSR count). The molecule has 130 valence electrons. The topological polar surface area (TPSA) is 60.1 Å². The SMILES string of the molecule is Cc1nc2cc(CCNC(=O)c3ccc(-n4cccc4)cc3)ccc2o1. The molecule has 5 heteroatoms. The van der Waals surface area contributed by atoms with E-state index >= 15 is 0 Å². The monoisotopic (exact) mass is 345 g/mol. The van der Waals surface area contributed by atoms with Gasteiger partial charge >= 0.3 is 0 Å². The molecule has 26 heavy (non-hydrogen) atoms. The fraction of sp³-hybridized carbons (Fsp3) is 0.143. The summed E-state index contributed by atoms with van der Waals surface area (Å²) in [6.45, 7) is 2.40. The van der Waals surface area contributed by atoms with Crippen LogP contribution in [0.1, 0.15) is 21.8 Å². The minimum atomic E-state index is -0.0672. The Hall–Kier alpha value is -3.34. The smallest absolute Gasteiger partial charge is 0.251 e. The van der Waals surface area contributed by atoms with Gasteiger partial charge < -0.3 is 14.3 Å². The Morgan fingerprint density at radius 1 is 1.12 bits per heavy atom. The van der Waals surface area contributed by atoms with Gasteiger partial charge in [0.05, 0.1) is 0 Å². The summed E-state index contributed by atoms with van der Waals surface area (Å²) in [6.07, 6.45) is 4.69.